The summed E-state index contributed by atoms with van der Waals surface area (Å²) in [5, 5.41) is 3.51. The van der Waals surface area contributed by atoms with E-state index in [9.17, 15) is 0 Å². The monoisotopic (exact) mass is 294 g/mol. The third kappa shape index (κ3) is 3.68. The van der Waals surface area contributed by atoms with Crippen molar-refractivity contribution in [2.45, 2.75) is 25.4 Å². The van der Waals surface area contributed by atoms with Gasteiger partial charge < -0.3 is 15.0 Å². The van der Waals surface area contributed by atoms with Crippen molar-refractivity contribution in [1.29, 1.82) is 0 Å². The van der Waals surface area contributed by atoms with Gasteiger partial charge in [0.15, 0.2) is 0 Å². The van der Waals surface area contributed by atoms with Gasteiger partial charge in [-0.2, -0.15) is 11.8 Å². The molecule has 1 heterocycles. The SMILES string of the molecule is CNC(Cc1cc(C)ccc1OC)C1CSCCN1C. The molecule has 0 aliphatic carbocycles. The van der Waals surface area contributed by atoms with E-state index in [1.807, 2.05) is 0 Å². The number of thioether (sulfide) groups is 1. The maximum Gasteiger partial charge on any atom is 0.122 e. The molecule has 1 aliphatic rings. The minimum Gasteiger partial charge on any atom is -0.496 e. The number of hydrogen-bond acceptors (Lipinski definition) is 4. The lowest BCUT2D eigenvalue weighted by molar-refractivity contribution is 0.218. The van der Waals surface area contributed by atoms with Crippen LogP contribution in [-0.2, 0) is 6.42 Å². The Morgan fingerprint density at radius 2 is 2.30 bits per heavy atom. The third-order valence-corrected chi connectivity index (χ3v) is 5.20. The molecular formula is C16H26N2OS. The highest BCUT2D eigenvalue weighted by Crippen LogP contribution is 2.25. The first-order valence-corrected chi connectivity index (χ1v) is 8.40. The lowest BCUT2D eigenvalue weighted by Gasteiger charge is -2.38. The molecule has 4 heteroatoms. The van der Waals surface area contributed by atoms with Crippen molar-refractivity contribution in [1.82, 2.24) is 10.2 Å². The Hall–Kier alpha value is -0.710. The van der Waals surface area contributed by atoms with Gasteiger partial charge in [-0.15, -0.1) is 0 Å². The molecule has 2 rings (SSSR count). The van der Waals surface area contributed by atoms with E-state index in [1.54, 1.807) is 7.11 Å². The molecular weight excluding hydrogens is 268 g/mol. The third-order valence-electron chi connectivity index (χ3n) is 4.15. The van der Waals surface area contributed by atoms with Gasteiger partial charge in [-0.05, 0) is 39.1 Å². The second-order valence-corrected chi connectivity index (χ2v) is 6.69. The maximum atomic E-state index is 5.51. The van der Waals surface area contributed by atoms with E-state index in [4.69, 9.17) is 4.74 Å². The number of aryl methyl sites for hydroxylation is 1. The van der Waals surface area contributed by atoms with Crippen LogP contribution in [0.4, 0.5) is 0 Å². The average Bonchev–Trinajstić information content (AvgIpc) is 2.46. The lowest BCUT2D eigenvalue weighted by atomic mass is 9.97. The van der Waals surface area contributed by atoms with Gasteiger partial charge in [-0.1, -0.05) is 17.7 Å². The van der Waals surface area contributed by atoms with Crippen molar-refractivity contribution in [2.24, 2.45) is 0 Å². The fraction of sp³-hybridized carbons (Fsp3) is 0.625. The van der Waals surface area contributed by atoms with Crippen LogP contribution >= 0.6 is 11.8 Å². The molecule has 0 spiro atoms. The van der Waals surface area contributed by atoms with Crippen LogP contribution < -0.4 is 10.1 Å². The Bertz CT molecular complexity index is 438. The normalized spacial score (nSPS) is 21.7. The summed E-state index contributed by atoms with van der Waals surface area (Å²) in [5.41, 5.74) is 2.60. The van der Waals surface area contributed by atoms with Gasteiger partial charge in [0, 0.05) is 30.1 Å². The lowest BCUT2D eigenvalue weighted by Crippen LogP contribution is -2.52. The van der Waals surface area contributed by atoms with Crippen molar-refractivity contribution in [3.8, 4) is 5.75 Å². The fourth-order valence-electron chi connectivity index (χ4n) is 2.86. The molecule has 3 nitrogen and oxygen atoms in total. The van der Waals surface area contributed by atoms with Crippen LogP contribution in [0.15, 0.2) is 18.2 Å². The number of hydrogen-bond donors (Lipinski definition) is 1. The smallest absolute Gasteiger partial charge is 0.122 e. The topological polar surface area (TPSA) is 24.5 Å². The number of rotatable bonds is 5. The zero-order valence-electron chi connectivity index (χ0n) is 13.0. The molecule has 1 fully saturated rings. The zero-order valence-corrected chi connectivity index (χ0v) is 13.8. The number of methoxy groups -OCH3 is 1. The molecule has 1 aromatic rings. The molecule has 0 amide bonds. The Balaban J connectivity index is 2.15. The molecule has 0 aromatic heterocycles. The predicted molar refractivity (Wildman–Crippen MR) is 88.0 cm³/mol. The number of ether oxygens (including phenoxy) is 1. The van der Waals surface area contributed by atoms with E-state index < -0.39 is 0 Å². The van der Waals surface area contributed by atoms with Gasteiger partial charge >= 0.3 is 0 Å². The largest absolute Gasteiger partial charge is 0.496 e. The molecule has 2 unspecified atom stereocenters. The highest BCUT2D eigenvalue weighted by molar-refractivity contribution is 7.99. The van der Waals surface area contributed by atoms with Crippen molar-refractivity contribution in [3.05, 3.63) is 29.3 Å². The van der Waals surface area contributed by atoms with Crippen LogP contribution in [0.5, 0.6) is 5.75 Å². The molecule has 1 aliphatic heterocycles. The first-order chi connectivity index (χ1) is 9.65. The second-order valence-electron chi connectivity index (χ2n) is 5.54. The molecule has 0 saturated carbocycles. The van der Waals surface area contributed by atoms with Crippen LogP contribution in [0.3, 0.4) is 0 Å². The predicted octanol–water partition coefficient (Wildman–Crippen LogP) is 2.18. The molecule has 1 N–H and O–H groups in total. The van der Waals surface area contributed by atoms with Crippen LogP contribution in [-0.4, -0.2) is 56.2 Å². The number of nitrogens with one attached hydrogen (secondary N) is 1. The number of likely N-dealkylation sites (N-methyl/N-ethyl adjacent to an activating group) is 2. The standard InChI is InChI=1S/C16H26N2OS/c1-12-5-6-16(19-4)13(9-12)10-14(17-2)15-11-20-8-7-18(15)3/h5-6,9,14-15,17H,7-8,10-11H2,1-4H3. The molecule has 1 saturated heterocycles. The van der Waals surface area contributed by atoms with Crippen LogP contribution in [0.2, 0.25) is 0 Å². The zero-order chi connectivity index (χ0) is 14.5. The van der Waals surface area contributed by atoms with Crippen molar-refractivity contribution in [2.75, 3.05) is 39.3 Å². The van der Waals surface area contributed by atoms with E-state index in [2.05, 4.69) is 61.2 Å². The van der Waals surface area contributed by atoms with E-state index in [0.29, 0.717) is 12.1 Å². The highest BCUT2D eigenvalue weighted by atomic mass is 32.2. The van der Waals surface area contributed by atoms with Gasteiger partial charge in [-0.25, -0.2) is 0 Å². The van der Waals surface area contributed by atoms with Crippen LogP contribution in [0.1, 0.15) is 11.1 Å². The Kier molecular flexibility index (Phi) is 5.75. The summed E-state index contributed by atoms with van der Waals surface area (Å²) in [6.45, 7) is 3.32. The molecule has 0 radical (unpaired) electrons. The second kappa shape index (κ2) is 7.34. The first kappa shape index (κ1) is 15.7. The molecule has 20 heavy (non-hydrogen) atoms. The van der Waals surface area contributed by atoms with Crippen molar-refractivity contribution < 1.29 is 4.74 Å². The van der Waals surface area contributed by atoms with Gasteiger partial charge in [0.1, 0.15) is 5.75 Å². The van der Waals surface area contributed by atoms with Crippen LogP contribution in [0, 0.1) is 6.92 Å². The quantitative estimate of drug-likeness (QED) is 0.899. The molecule has 112 valence electrons. The Morgan fingerprint density at radius 3 is 2.95 bits per heavy atom. The maximum absolute atomic E-state index is 5.51. The number of nitrogens with zero attached hydrogens (tertiary/aromatic N) is 1. The van der Waals surface area contributed by atoms with Crippen LogP contribution in [0.25, 0.3) is 0 Å². The minimum atomic E-state index is 0.462. The minimum absolute atomic E-state index is 0.462. The first-order valence-electron chi connectivity index (χ1n) is 7.24. The number of benzene rings is 1. The Labute approximate surface area is 127 Å². The van der Waals surface area contributed by atoms with Gasteiger partial charge in [0.2, 0.25) is 0 Å². The molecule has 2 atom stereocenters. The van der Waals surface area contributed by atoms with E-state index in [1.165, 1.54) is 29.2 Å². The van der Waals surface area contributed by atoms with Crippen molar-refractivity contribution in [3.63, 3.8) is 0 Å². The van der Waals surface area contributed by atoms with Gasteiger partial charge in [0.25, 0.3) is 0 Å². The molecule has 1 aromatic carbocycles. The van der Waals surface area contributed by atoms with Gasteiger partial charge in [0.05, 0.1) is 7.11 Å². The summed E-state index contributed by atoms with van der Waals surface area (Å²) in [5.74, 6) is 3.45. The summed E-state index contributed by atoms with van der Waals surface area (Å²) in [4.78, 5) is 2.49. The summed E-state index contributed by atoms with van der Waals surface area (Å²) in [7, 11) is 6.06. The van der Waals surface area contributed by atoms with E-state index >= 15 is 0 Å². The van der Waals surface area contributed by atoms with E-state index in [-0.39, 0.29) is 0 Å². The Morgan fingerprint density at radius 1 is 1.50 bits per heavy atom. The van der Waals surface area contributed by atoms with Gasteiger partial charge in [-0.3, -0.25) is 0 Å². The fourth-order valence-corrected chi connectivity index (χ4v) is 4.18. The highest BCUT2D eigenvalue weighted by Gasteiger charge is 2.27. The summed E-state index contributed by atoms with van der Waals surface area (Å²) in [6.07, 6.45) is 1.01. The van der Waals surface area contributed by atoms with Crippen molar-refractivity contribution >= 4 is 11.8 Å². The molecule has 0 bridgehead atoms. The average molecular weight is 294 g/mol. The summed E-state index contributed by atoms with van der Waals surface area (Å²) in [6, 6.07) is 7.49. The summed E-state index contributed by atoms with van der Waals surface area (Å²) >= 11 is 2.06. The summed E-state index contributed by atoms with van der Waals surface area (Å²) < 4.78 is 5.51. The van der Waals surface area contributed by atoms with E-state index in [0.717, 1.165) is 12.2 Å².